The number of hydrogen-bond acceptors (Lipinski definition) is 3. The van der Waals surface area contributed by atoms with Gasteiger partial charge >= 0.3 is 0 Å². The smallest absolute Gasteiger partial charge is 0.241 e. The van der Waals surface area contributed by atoms with Crippen molar-refractivity contribution in [2.45, 2.75) is 38.8 Å². The summed E-state index contributed by atoms with van der Waals surface area (Å²) in [6.45, 7) is 7.65. The lowest BCUT2D eigenvalue weighted by Gasteiger charge is -2.37. The zero-order chi connectivity index (χ0) is 14.8. The Morgan fingerprint density at radius 3 is 2.71 bits per heavy atom. The molecule has 1 aromatic carbocycles. The summed E-state index contributed by atoms with van der Waals surface area (Å²) in [5.74, 6) is 0.239. The van der Waals surface area contributed by atoms with Crippen LogP contribution in [0, 0.1) is 0 Å². The highest BCUT2D eigenvalue weighted by atomic mass is 16.2. The van der Waals surface area contributed by atoms with Crippen molar-refractivity contribution >= 4 is 11.6 Å². The van der Waals surface area contributed by atoms with Crippen molar-refractivity contribution in [2.75, 3.05) is 31.1 Å². The maximum Gasteiger partial charge on any atom is 0.241 e. The van der Waals surface area contributed by atoms with Gasteiger partial charge in [0, 0.05) is 37.4 Å². The van der Waals surface area contributed by atoms with Crippen LogP contribution in [0.5, 0.6) is 0 Å². The van der Waals surface area contributed by atoms with E-state index in [4.69, 9.17) is 0 Å². The number of carbonyl (C=O) groups excluding carboxylic acids is 1. The topological polar surface area (TPSA) is 35.6 Å². The number of aryl methyl sites for hydroxylation is 1. The minimum absolute atomic E-state index is 0.239. The van der Waals surface area contributed by atoms with Gasteiger partial charge in [-0.1, -0.05) is 18.2 Å². The molecule has 0 bridgehead atoms. The van der Waals surface area contributed by atoms with E-state index in [0.717, 1.165) is 38.2 Å². The molecule has 2 atom stereocenters. The SMILES string of the molecule is CC1CN(CC(=O)N2CCCc3ccccc32)CC(C)N1. The third-order valence-electron chi connectivity index (χ3n) is 4.40. The monoisotopic (exact) mass is 287 g/mol. The molecule has 4 heteroatoms. The van der Waals surface area contributed by atoms with Crippen molar-refractivity contribution in [3.63, 3.8) is 0 Å². The van der Waals surface area contributed by atoms with Crippen molar-refractivity contribution in [1.82, 2.24) is 10.2 Å². The summed E-state index contributed by atoms with van der Waals surface area (Å²) < 4.78 is 0. The van der Waals surface area contributed by atoms with Crippen molar-refractivity contribution in [3.8, 4) is 0 Å². The second-order valence-corrected chi connectivity index (χ2v) is 6.44. The van der Waals surface area contributed by atoms with E-state index in [2.05, 4.69) is 42.3 Å². The molecule has 4 nitrogen and oxygen atoms in total. The molecule has 2 aliphatic rings. The van der Waals surface area contributed by atoms with Crippen LogP contribution in [-0.2, 0) is 11.2 Å². The summed E-state index contributed by atoms with van der Waals surface area (Å²) in [7, 11) is 0. The van der Waals surface area contributed by atoms with Crippen LogP contribution in [0.15, 0.2) is 24.3 Å². The lowest BCUT2D eigenvalue weighted by atomic mass is 10.0. The molecule has 2 heterocycles. The fourth-order valence-electron chi connectivity index (χ4n) is 3.64. The molecule has 21 heavy (non-hydrogen) atoms. The lowest BCUT2D eigenvalue weighted by molar-refractivity contribution is -0.120. The number of benzene rings is 1. The van der Waals surface area contributed by atoms with Crippen LogP contribution < -0.4 is 10.2 Å². The van der Waals surface area contributed by atoms with Gasteiger partial charge < -0.3 is 10.2 Å². The summed E-state index contributed by atoms with van der Waals surface area (Å²) in [6.07, 6.45) is 2.15. The normalized spacial score (nSPS) is 26.5. The Balaban J connectivity index is 1.69. The van der Waals surface area contributed by atoms with E-state index in [1.807, 2.05) is 11.0 Å². The van der Waals surface area contributed by atoms with Crippen molar-refractivity contribution in [1.29, 1.82) is 0 Å². The van der Waals surface area contributed by atoms with Crippen LogP contribution in [0.1, 0.15) is 25.8 Å². The standard InChI is InChI=1S/C17H25N3O/c1-13-10-19(11-14(2)18-13)12-17(21)20-9-5-7-15-6-3-4-8-16(15)20/h3-4,6,8,13-14,18H,5,7,9-12H2,1-2H3. The van der Waals surface area contributed by atoms with Gasteiger partial charge in [0.2, 0.25) is 5.91 Å². The first-order valence-corrected chi connectivity index (χ1v) is 8.00. The van der Waals surface area contributed by atoms with E-state index in [9.17, 15) is 4.79 Å². The highest BCUT2D eigenvalue weighted by Crippen LogP contribution is 2.26. The highest BCUT2D eigenvalue weighted by Gasteiger charge is 2.27. The quantitative estimate of drug-likeness (QED) is 0.898. The summed E-state index contributed by atoms with van der Waals surface area (Å²) in [5.41, 5.74) is 2.42. The van der Waals surface area contributed by atoms with Gasteiger partial charge in [0.15, 0.2) is 0 Å². The zero-order valence-electron chi connectivity index (χ0n) is 13.0. The van der Waals surface area contributed by atoms with Crippen molar-refractivity contribution in [2.24, 2.45) is 0 Å². The van der Waals surface area contributed by atoms with Crippen LogP contribution in [0.2, 0.25) is 0 Å². The first kappa shape index (κ1) is 14.5. The van der Waals surface area contributed by atoms with Gasteiger partial charge in [-0.2, -0.15) is 0 Å². The molecule has 0 spiro atoms. The Kier molecular flexibility index (Phi) is 4.27. The largest absolute Gasteiger partial charge is 0.311 e. The molecule has 1 saturated heterocycles. The fraction of sp³-hybridized carbons (Fsp3) is 0.588. The molecule has 3 rings (SSSR count). The predicted octanol–water partition coefficient (Wildman–Crippen LogP) is 1.65. The Hall–Kier alpha value is -1.39. The first-order valence-electron chi connectivity index (χ1n) is 8.00. The number of carbonyl (C=O) groups is 1. The molecule has 1 fully saturated rings. The van der Waals surface area contributed by atoms with Crippen LogP contribution in [-0.4, -0.2) is 49.1 Å². The minimum atomic E-state index is 0.239. The predicted molar refractivity (Wildman–Crippen MR) is 85.6 cm³/mol. The van der Waals surface area contributed by atoms with Gasteiger partial charge in [-0.25, -0.2) is 0 Å². The Morgan fingerprint density at radius 1 is 1.24 bits per heavy atom. The Labute approximate surface area is 127 Å². The van der Waals surface area contributed by atoms with Gasteiger partial charge in [0.05, 0.1) is 6.54 Å². The molecule has 2 aliphatic heterocycles. The Bertz CT molecular complexity index is 507. The number of nitrogens with zero attached hydrogens (tertiary/aromatic N) is 2. The molecule has 2 unspecified atom stereocenters. The lowest BCUT2D eigenvalue weighted by Crippen LogP contribution is -2.56. The molecule has 0 aromatic heterocycles. The molecular formula is C17H25N3O. The summed E-state index contributed by atoms with van der Waals surface area (Å²) in [4.78, 5) is 17.0. The molecule has 0 saturated carbocycles. The van der Waals surface area contributed by atoms with Crippen LogP contribution in [0.4, 0.5) is 5.69 Å². The molecule has 1 amide bonds. The highest BCUT2D eigenvalue weighted by molar-refractivity contribution is 5.95. The number of para-hydroxylation sites is 1. The minimum Gasteiger partial charge on any atom is -0.311 e. The Morgan fingerprint density at radius 2 is 1.95 bits per heavy atom. The molecule has 114 valence electrons. The third-order valence-corrected chi connectivity index (χ3v) is 4.40. The number of anilines is 1. The molecule has 1 N–H and O–H groups in total. The van der Waals surface area contributed by atoms with Crippen LogP contribution in [0.3, 0.4) is 0 Å². The van der Waals surface area contributed by atoms with E-state index in [0.29, 0.717) is 18.6 Å². The fourth-order valence-corrected chi connectivity index (χ4v) is 3.64. The maximum absolute atomic E-state index is 12.7. The van der Waals surface area contributed by atoms with E-state index in [1.54, 1.807) is 0 Å². The van der Waals surface area contributed by atoms with Gasteiger partial charge in [0.1, 0.15) is 0 Å². The number of rotatable bonds is 2. The number of fused-ring (bicyclic) bond motifs is 1. The number of amides is 1. The average molecular weight is 287 g/mol. The molecule has 0 radical (unpaired) electrons. The maximum atomic E-state index is 12.7. The number of piperazine rings is 1. The molecular weight excluding hydrogens is 262 g/mol. The second kappa shape index (κ2) is 6.16. The van der Waals surface area contributed by atoms with Crippen molar-refractivity contribution in [3.05, 3.63) is 29.8 Å². The zero-order valence-corrected chi connectivity index (χ0v) is 13.0. The average Bonchev–Trinajstić information content (AvgIpc) is 2.45. The molecule has 0 aliphatic carbocycles. The van der Waals surface area contributed by atoms with Crippen LogP contribution in [0.25, 0.3) is 0 Å². The van der Waals surface area contributed by atoms with Gasteiger partial charge in [-0.05, 0) is 38.3 Å². The summed E-state index contributed by atoms with van der Waals surface area (Å²) in [5, 5.41) is 3.51. The second-order valence-electron chi connectivity index (χ2n) is 6.44. The first-order chi connectivity index (χ1) is 10.1. The number of nitrogens with one attached hydrogen (secondary N) is 1. The van der Waals surface area contributed by atoms with E-state index >= 15 is 0 Å². The summed E-state index contributed by atoms with van der Waals surface area (Å²) >= 11 is 0. The van der Waals surface area contributed by atoms with Crippen molar-refractivity contribution < 1.29 is 4.79 Å². The van der Waals surface area contributed by atoms with Gasteiger partial charge in [0.25, 0.3) is 0 Å². The van der Waals surface area contributed by atoms with Gasteiger partial charge in [-0.15, -0.1) is 0 Å². The van der Waals surface area contributed by atoms with Gasteiger partial charge in [-0.3, -0.25) is 9.69 Å². The summed E-state index contributed by atoms with van der Waals surface area (Å²) in [6, 6.07) is 9.22. The van der Waals surface area contributed by atoms with E-state index in [1.165, 1.54) is 5.56 Å². The molecule has 1 aromatic rings. The van der Waals surface area contributed by atoms with E-state index < -0.39 is 0 Å². The van der Waals surface area contributed by atoms with Crippen LogP contribution >= 0.6 is 0 Å². The third kappa shape index (κ3) is 3.27. The van der Waals surface area contributed by atoms with E-state index in [-0.39, 0.29) is 5.91 Å². The number of hydrogen-bond donors (Lipinski definition) is 1.